The molecule has 0 radical (unpaired) electrons. The molecule has 0 aliphatic carbocycles. The van der Waals surface area contributed by atoms with Gasteiger partial charge in [-0.2, -0.15) is 5.26 Å². The smallest absolute Gasteiger partial charge is 0.174 e. The van der Waals surface area contributed by atoms with E-state index in [0.29, 0.717) is 0 Å². The summed E-state index contributed by atoms with van der Waals surface area (Å²) in [7, 11) is 2.12. The predicted octanol–water partition coefficient (Wildman–Crippen LogP) is 1.57. The minimum atomic E-state index is 0.0830. The van der Waals surface area contributed by atoms with Gasteiger partial charge in [0.1, 0.15) is 11.8 Å². The second kappa shape index (κ2) is 7.99. The van der Waals surface area contributed by atoms with Crippen LogP contribution in [-0.2, 0) is 4.74 Å². The fourth-order valence-electron chi connectivity index (χ4n) is 2.38. The molecule has 1 heterocycles. The Morgan fingerprint density at radius 1 is 1.48 bits per heavy atom. The van der Waals surface area contributed by atoms with Crippen LogP contribution in [0.3, 0.4) is 0 Å². The quantitative estimate of drug-likeness (QED) is 0.861. The van der Waals surface area contributed by atoms with E-state index in [2.05, 4.69) is 24.2 Å². The summed E-state index contributed by atoms with van der Waals surface area (Å²) in [5, 5.41) is 12.0. The molecule has 2 rings (SSSR count). The third-order valence-electron chi connectivity index (χ3n) is 3.68. The van der Waals surface area contributed by atoms with Gasteiger partial charge in [0.2, 0.25) is 0 Å². The highest BCUT2D eigenvalue weighted by Crippen LogP contribution is 2.17. The molecule has 2 unspecified atom stereocenters. The molecule has 1 N–H and O–H groups in total. The molecule has 1 aromatic carbocycles. The van der Waals surface area contributed by atoms with Crippen molar-refractivity contribution in [2.75, 3.05) is 39.9 Å². The lowest BCUT2D eigenvalue weighted by molar-refractivity contribution is -0.0190. The predicted molar refractivity (Wildman–Crippen MR) is 81.2 cm³/mol. The first kappa shape index (κ1) is 15.8. The fourth-order valence-corrected chi connectivity index (χ4v) is 2.38. The Morgan fingerprint density at radius 2 is 2.24 bits per heavy atom. The van der Waals surface area contributed by atoms with Gasteiger partial charge in [-0.05, 0) is 31.7 Å². The van der Waals surface area contributed by atoms with Crippen molar-refractivity contribution in [2.24, 2.45) is 0 Å². The molecule has 1 saturated heterocycles. The minimum absolute atomic E-state index is 0.0830. The Labute approximate surface area is 126 Å². The summed E-state index contributed by atoms with van der Waals surface area (Å²) in [6.45, 7) is 5.86. The first-order chi connectivity index (χ1) is 10.2. The maximum absolute atomic E-state index is 8.48. The van der Waals surface area contributed by atoms with E-state index in [1.54, 1.807) is 0 Å². The van der Waals surface area contributed by atoms with Crippen LogP contribution in [0.1, 0.15) is 18.5 Å². The Kier molecular flexibility index (Phi) is 6.00. The summed E-state index contributed by atoms with van der Waals surface area (Å²) >= 11 is 0. The van der Waals surface area contributed by atoms with E-state index >= 15 is 0 Å². The lowest BCUT2D eigenvalue weighted by atomic mass is 10.1. The van der Waals surface area contributed by atoms with Crippen LogP contribution in [0.4, 0.5) is 0 Å². The maximum Gasteiger partial charge on any atom is 0.174 e. The van der Waals surface area contributed by atoms with Crippen molar-refractivity contribution >= 4 is 0 Å². The average Bonchev–Trinajstić information content (AvgIpc) is 2.51. The number of benzene rings is 1. The van der Waals surface area contributed by atoms with Crippen LogP contribution in [0.5, 0.6) is 5.75 Å². The van der Waals surface area contributed by atoms with Crippen LogP contribution in [0, 0.1) is 11.3 Å². The number of rotatable bonds is 6. The number of morpholine rings is 1. The van der Waals surface area contributed by atoms with Crippen molar-refractivity contribution in [1.82, 2.24) is 10.2 Å². The number of nitrogens with one attached hydrogen (secondary N) is 1. The van der Waals surface area contributed by atoms with Crippen LogP contribution in [0.15, 0.2) is 24.3 Å². The number of nitriles is 1. The maximum atomic E-state index is 8.48. The van der Waals surface area contributed by atoms with Crippen molar-refractivity contribution in [1.29, 1.82) is 5.26 Å². The Morgan fingerprint density at radius 3 is 2.90 bits per heavy atom. The molecule has 2 atom stereocenters. The van der Waals surface area contributed by atoms with E-state index in [4.69, 9.17) is 14.7 Å². The highest BCUT2D eigenvalue weighted by Gasteiger charge is 2.18. The number of hydrogen-bond donors (Lipinski definition) is 1. The van der Waals surface area contributed by atoms with Crippen molar-refractivity contribution in [3.05, 3.63) is 29.8 Å². The monoisotopic (exact) mass is 289 g/mol. The number of likely N-dealkylation sites (N-methyl/N-ethyl adjacent to an activating group) is 1. The van der Waals surface area contributed by atoms with Crippen molar-refractivity contribution in [2.45, 2.75) is 19.1 Å². The standard InChI is InChI=1S/C16H23N3O2/c1-13(18-11-16-12-19(2)8-10-21-16)14-3-5-15(6-4-14)20-9-7-17/h3-6,13,16,18H,8-12H2,1-2H3. The number of ether oxygens (including phenoxy) is 2. The highest BCUT2D eigenvalue weighted by molar-refractivity contribution is 5.29. The molecule has 0 bridgehead atoms. The zero-order valence-corrected chi connectivity index (χ0v) is 12.7. The normalized spacial score (nSPS) is 20.7. The largest absolute Gasteiger partial charge is 0.479 e. The van der Waals surface area contributed by atoms with Gasteiger partial charge >= 0.3 is 0 Å². The molecule has 1 fully saturated rings. The Balaban J connectivity index is 1.79. The van der Waals surface area contributed by atoms with Gasteiger partial charge in [0.25, 0.3) is 0 Å². The van der Waals surface area contributed by atoms with Crippen molar-refractivity contribution < 1.29 is 9.47 Å². The molecule has 0 spiro atoms. The summed E-state index contributed by atoms with van der Waals surface area (Å²) in [6.07, 6.45) is 0.254. The van der Waals surface area contributed by atoms with E-state index in [0.717, 1.165) is 32.0 Å². The van der Waals surface area contributed by atoms with Crippen LogP contribution < -0.4 is 10.1 Å². The molecular formula is C16H23N3O2. The second-order valence-corrected chi connectivity index (χ2v) is 5.40. The highest BCUT2D eigenvalue weighted by atomic mass is 16.5. The SMILES string of the molecule is CC(NCC1CN(C)CCO1)c1ccc(OCC#N)cc1. The lowest BCUT2D eigenvalue weighted by Gasteiger charge is -2.31. The molecule has 5 nitrogen and oxygen atoms in total. The third-order valence-corrected chi connectivity index (χ3v) is 3.68. The van der Waals surface area contributed by atoms with E-state index in [1.807, 2.05) is 30.3 Å². The van der Waals surface area contributed by atoms with Gasteiger partial charge in [-0.3, -0.25) is 0 Å². The van der Waals surface area contributed by atoms with Crippen molar-refractivity contribution in [3.63, 3.8) is 0 Å². The minimum Gasteiger partial charge on any atom is -0.479 e. The summed E-state index contributed by atoms with van der Waals surface area (Å²) in [4.78, 5) is 2.29. The molecule has 1 aromatic rings. The van der Waals surface area contributed by atoms with Gasteiger partial charge in [-0.25, -0.2) is 0 Å². The Bertz CT molecular complexity index is 469. The molecule has 21 heavy (non-hydrogen) atoms. The summed E-state index contributed by atoms with van der Waals surface area (Å²) < 4.78 is 11.0. The average molecular weight is 289 g/mol. The van der Waals surface area contributed by atoms with Crippen LogP contribution in [0.25, 0.3) is 0 Å². The van der Waals surface area contributed by atoms with Gasteiger partial charge in [0.15, 0.2) is 6.61 Å². The van der Waals surface area contributed by atoms with Gasteiger partial charge in [0.05, 0.1) is 12.7 Å². The first-order valence-electron chi connectivity index (χ1n) is 7.32. The van der Waals surface area contributed by atoms with Crippen LogP contribution in [0.2, 0.25) is 0 Å². The molecule has 0 saturated carbocycles. The molecule has 1 aliphatic rings. The molecule has 0 aromatic heterocycles. The number of nitrogens with zero attached hydrogens (tertiary/aromatic N) is 2. The summed E-state index contributed by atoms with van der Waals surface area (Å²) in [5.74, 6) is 0.727. The number of hydrogen-bond acceptors (Lipinski definition) is 5. The lowest BCUT2D eigenvalue weighted by Crippen LogP contribution is -2.45. The summed E-state index contributed by atoms with van der Waals surface area (Å²) in [6, 6.07) is 10.1. The van der Waals surface area contributed by atoms with Gasteiger partial charge in [0, 0.05) is 25.7 Å². The zero-order chi connectivity index (χ0) is 15.1. The Hall–Kier alpha value is -1.61. The second-order valence-electron chi connectivity index (χ2n) is 5.40. The van der Waals surface area contributed by atoms with Crippen LogP contribution >= 0.6 is 0 Å². The topological polar surface area (TPSA) is 57.5 Å². The van der Waals surface area contributed by atoms with Gasteiger partial charge < -0.3 is 19.7 Å². The van der Waals surface area contributed by atoms with Crippen LogP contribution in [-0.4, -0.2) is 50.9 Å². The zero-order valence-electron chi connectivity index (χ0n) is 12.7. The fraction of sp³-hybridized carbons (Fsp3) is 0.562. The first-order valence-corrected chi connectivity index (χ1v) is 7.32. The molecule has 5 heteroatoms. The van der Waals surface area contributed by atoms with E-state index in [9.17, 15) is 0 Å². The third kappa shape index (κ3) is 5.01. The van der Waals surface area contributed by atoms with Gasteiger partial charge in [-0.15, -0.1) is 0 Å². The van der Waals surface area contributed by atoms with E-state index < -0.39 is 0 Å². The molecule has 114 valence electrons. The summed E-state index contributed by atoms with van der Waals surface area (Å²) in [5.41, 5.74) is 1.20. The molecule has 0 amide bonds. The molecule has 1 aliphatic heterocycles. The molecular weight excluding hydrogens is 266 g/mol. The van der Waals surface area contributed by atoms with Gasteiger partial charge in [-0.1, -0.05) is 12.1 Å². The van der Waals surface area contributed by atoms with E-state index in [1.165, 1.54) is 5.56 Å². The van der Waals surface area contributed by atoms with Crippen molar-refractivity contribution in [3.8, 4) is 11.8 Å². The van der Waals surface area contributed by atoms with E-state index in [-0.39, 0.29) is 18.8 Å².